The summed E-state index contributed by atoms with van der Waals surface area (Å²) in [5.74, 6) is -0.0524. The van der Waals surface area contributed by atoms with E-state index in [0.717, 1.165) is 10.6 Å². The van der Waals surface area contributed by atoms with Gasteiger partial charge in [-0.25, -0.2) is 4.98 Å². The molecule has 0 saturated heterocycles. The van der Waals surface area contributed by atoms with Crippen LogP contribution in [0.15, 0.2) is 42.9 Å². The summed E-state index contributed by atoms with van der Waals surface area (Å²) in [6.45, 7) is -2.95. The van der Waals surface area contributed by atoms with E-state index in [0.29, 0.717) is 5.56 Å². The fraction of sp³-hybridized carbons (Fsp3) is 0.143. The Bertz CT molecular complexity index is 827. The Labute approximate surface area is 126 Å². The van der Waals surface area contributed by atoms with E-state index in [9.17, 15) is 22.0 Å². The van der Waals surface area contributed by atoms with Crippen LogP contribution in [-0.2, 0) is 6.18 Å². The van der Waals surface area contributed by atoms with Crippen LogP contribution in [0.5, 0.6) is 5.75 Å². The summed E-state index contributed by atoms with van der Waals surface area (Å²) in [5, 5.41) is 0. The van der Waals surface area contributed by atoms with E-state index < -0.39 is 18.5 Å². The van der Waals surface area contributed by atoms with Crippen molar-refractivity contribution < 1.29 is 26.7 Å². The normalized spacial score (nSPS) is 12.1. The minimum Gasteiger partial charge on any atom is -0.435 e. The topological polar surface area (TPSA) is 39.4 Å². The molecule has 0 atom stereocenters. The van der Waals surface area contributed by atoms with Crippen LogP contribution in [-0.4, -0.2) is 21.0 Å². The van der Waals surface area contributed by atoms with Crippen molar-refractivity contribution in [3.63, 3.8) is 0 Å². The molecule has 0 radical (unpaired) electrons. The maximum Gasteiger partial charge on any atom is 0.433 e. The molecule has 3 rings (SSSR count). The molecule has 4 nitrogen and oxygen atoms in total. The van der Waals surface area contributed by atoms with Crippen LogP contribution in [0.1, 0.15) is 5.69 Å². The Hall–Kier alpha value is -2.71. The van der Waals surface area contributed by atoms with Crippen molar-refractivity contribution in [2.24, 2.45) is 0 Å². The Morgan fingerprint density at radius 1 is 1.00 bits per heavy atom. The first-order valence-electron chi connectivity index (χ1n) is 6.30. The summed E-state index contributed by atoms with van der Waals surface area (Å²) in [4.78, 5) is 7.67. The molecule has 1 aromatic carbocycles. The highest BCUT2D eigenvalue weighted by molar-refractivity contribution is 5.60. The van der Waals surface area contributed by atoms with E-state index in [1.807, 2.05) is 0 Å². The molecular weight excluding hydrogens is 321 g/mol. The van der Waals surface area contributed by atoms with Crippen LogP contribution in [0.3, 0.4) is 0 Å². The van der Waals surface area contributed by atoms with Crippen molar-refractivity contribution in [3.8, 4) is 17.0 Å². The quantitative estimate of drug-likeness (QED) is 0.682. The monoisotopic (exact) mass is 329 g/mol. The number of halogens is 5. The standard InChI is InChI=1S/C14H8F5N3O/c15-13(16)23-9-3-1-8(2-4-9)10-7-22-11(14(17,18)19)5-21-12(22)6-20-10/h1-7,13H. The number of alkyl halides is 5. The molecule has 120 valence electrons. The second kappa shape index (κ2) is 5.49. The molecule has 0 aliphatic carbocycles. The highest BCUT2D eigenvalue weighted by Crippen LogP contribution is 2.30. The summed E-state index contributed by atoms with van der Waals surface area (Å²) in [6, 6.07) is 5.42. The Morgan fingerprint density at radius 3 is 2.30 bits per heavy atom. The van der Waals surface area contributed by atoms with E-state index in [2.05, 4.69) is 14.7 Å². The van der Waals surface area contributed by atoms with Gasteiger partial charge in [0, 0.05) is 11.8 Å². The fourth-order valence-electron chi connectivity index (χ4n) is 2.06. The number of ether oxygens (including phenoxy) is 1. The number of imidazole rings is 1. The van der Waals surface area contributed by atoms with Crippen LogP contribution >= 0.6 is 0 Å². The van der Waals surface area contributed by atoms with Gasteiger partial charge in [0.1, 0.15) is 11.4 Å². The minimum absolute atomic E-state index is 0.0524. The summed E-state index contributed by atoms with van der Waals surface area (Å²) in [7, 11) is 0. The van der Waals surface area contributed by atoms with Crippen molar-refractivity contribution in [2.45, 2.75) is 12.8 Å². The van der Waals surface area contributed by atoms with Crippen LogP contribution in [0, 0.1) is 0 Å². The van der Waals surface area contributed by atoms with E-state index in [1.54, 1.807) is 0 Å². The third kappa shape index (κ3) is 3.08. The minimum atomic E-state index is -4.55. The van der Waals surface area contributed by atoms with Gasteiger partial charge >= 0.3 is 12.8 Å². The lowest BCUT2D eigenvalue weighted by molar-refractivity contribution is -0.141. The molecular formula is C14H8F5N3O. The van der Waals surface area contributed by atoms with Gasteiger partial charge in [-0.3, -0.25) is 9.38 Å². The summed E-state index contributed by atoms with van der Waals surface area (Å²) < 4.78 is 67.9. The Kier molecular flexibility index (Phi) is 3.63. The molecule has 9 heteroatoms. The number of aromatic nitrogens is 3. The van der Waals surface area contributed by atoms with Crippen molar-refractivity contribution in [1.29, 1.82) is 0 Å². The lowest BCUT2D eigenvalue weighted by atomic mass is 10.1. The predicted molar refractivity (Wildman–Crippen MR) is 70.1 cm³/mol. The smallest absolute Gasteiger partial charge is 0.433 e. The second-order valence-electron chi connectivity index (χ2n) is 4.54. The lowest BCUT2D eigenvalue weighted by Crippen LogP contribution is -2.09. The number of benzene rings is 1. The van der Waals surface area contributed by atoms with Gasteiger partial charge in [-0.2, -0.15) is 22.0 Å². The molecule has 0 amide bonds. The molecule has 3 aromatic rings. The fourth-order valence-corrected chi connectivity index (χ4v) is 2.06. The first kappa shape index (κ1) is 15.2. The first-order chi connectivity index (χ1) is 10.8. The van der Waals surface area contributed by atoms with Crippen LogP contribution in [0.4, 0.5) is 22.0 Å². The third-order valence-corrected chi connectivity index (χ3v) is 3.06. The van der Waals surface area contributed by atoms with Crippen LogP contribution in [0.25, 0.3) is 16.9 Å². The summed E-state index contributed by atoms with van der Waals surface area (Å²) >= 11 is 0. The van der Waals surface area contributed by atoms with Gasteiger partial charge in [-0.15, -0.1) is 0 Å². The number of hydrogen-bond donors (Lipinski definition) is 0. The zero-order valence-electron chi connectivity index (χ0n) is 11.3. The van der Waals surface area contributed by atoms with E-state index >= 15 is 0 Å². The molecule has 0 unspecified atom stereocenters. The first-order valence-corrected chi connectivity index (χ1v) is 6.30. The molecule has 2 heterocycles. The predicted octanol–water partition coefficient (Wildman–Crippen LogP) is 4.02. The third-order valence-electron chi connectivity index (χ3n) is 3.06. The molecule has 0 N–H and O–H groups in total. The highest BCUT2D eigenvalue weighted by Gasteiger charge is 2.34. The SMILES string of the molecule is FC(F)Oc1ccc(-c2cn3c(C(F)(F)F)cnc3cn2)cc1. The molecule has 0 bridgehead atoms. The lowest BCUT2D eigenvalue weighted by Gasteiger charge is -2.08. The Morgan fingerprint density at radius 2 is 1.70 bits per heavy atom. The van der Waals surface area contributed by atoms with Gasteiger partial charge in [0.25, 0.3) is 0 Å². The largest absolute Gasteiger partial charge is 0.435 e. The summed E-state index contributed by atoms with van der Waals surface area (Å²) in [5.41, 5.74) is -0.174. The second-order valence-corrected chi connectivity index (χ2v) is 4.54. The van der Waals surface area contributed by atoms with Crippen molar-refractivity contribution >= 4 is 5.65 Å². The van der Waals surface area contributed by atoms with E-state index in [4.69, 9.17) is 0 Å². The van der Waals surface area contributed by atoms with Gasteiger partial charge in [0.2, 0.25) is 0 Å². The molecule has 0 aliphatic rings. The Balaban J connectivity index is 2.00. The summed E-state index contributed by atoms with van der Waals surface area (Å²) in [6.07, 6.45) is -1.43. The van der Waals surface area contributed by atoms with Gasteiger partial charge in [-0.1, -0.05) is 0 Å². The van der Waals surface area contributed by atoms with Gasteiger partial charge in [-0.05, 0) is 24.3 Å². The maximum absolute atomic E-state index is 12.9. The van der Waals surface area contributed by atoms with Crippen molar-refractivity contribution in [3.05, 3.63) is 48.5 Å². The van der Waals surface area contributed by atoms with Crippen molar-refractivity contribution in [1.82, 2.24) is 14.4 Å². The average molecular weight is 329 g/mol. The van der Waals surface area contributed by atoms with Crippen LogP contribution < -0.4 is 4.74 Å². The van der Waals surface area contributed by atoms with Gasteiger partial charge < -0.3 is 4.74 Å². The van der Waals surface area contributed by atoms with E-state index in [1.165, 1.54) is 36.7 Å². The average Bonchev–Trinajstić information content (AvgIpc) is 2.90. The highest BCUT2D eigenvalue weighted by atomic mass is 19.4. The number of rotatable bonds is 3. The molecule has 2 aromatic heterocycles. The zero-order valence-corrected chi connectivity index (χ0v) is 11.3. The molecule has 0 aliphatic heterocycles. The van der Waals surface area contributed by atoms with Crippen molar-refractivity contribution in [2.75, 3.05) is 0 Å². The van der Waals surface area contributed by atoms with Crippen LogP contribution in [0.2, 0.25) is 0 Å². The van der Waals surface area contributed by atoms with Gasteiger partial charge in [0.15, 0.2) is 5.65 Å². The maximum atomic E-state index is 12.9. The number of fused-ring (bicyclic) bond motifs is 1. The molecule has 0 fully saturated rings. The number of hydrogen-bond acceptors (Lipinski definition) is 3. The zero-order chi connectivity index (χ0) is 16.6. The molecule has 0 saturated carbocycles. The number of nitrogens with zero attached hydrogens (tertiary/aromatic N) is 3. The molecule has 23 heavy (non-hydrogen) atoms. The van der Waals surface area contributed by atoms with E-state index in [-0.39, 0.29) is 17.1 Å². The molecule has 0 spiro atoms. The van der Waals surface area contributed by atoms with Gasteiger partial charge in [0.05, 0.1) is 18.1 Å².